The number of halogens is 1. The van der Waals surface area contributed by atoms with Gasteiger partial charge in [0.15, 0.2) is 0 Å². The highest BCUT2D eigenvalue weighted by molar-refractivity contribution is 6.31. The molecular formula is C15H18ClN3. The van der Waals surface area contributed by atoms with Crippen LogP contribution in [-0.2, 0) is 13.0 Å². The van der Waals surface area contributed by atoms with Crippen LogP contribution in [0.5, 0.6) is 0 Å². The van der Waals surface area contributed by atoms with Crippen LogP contribution >= 0.6 is 11.6 Å². The lowest BCUT2D eigenvalue weighted by molar-refractivity contribution is 0.602. The minimum absolute atomic E-state index is 0.137. The van der Waals surface area contributed by atoms with Gasteiger partial charge in [0, 0.05) is 22.3 Å². The van der Waals surface area contributed by atoms with E-state index < -0.39 is 0 Å². The summed E-state index contributed by atoms with van der Waals surface area (Å²) < 4.78 is 2.06. The standard InChI is InChI=1S/C15H18ClN3/c16-13-6-2-1-5-11(13)10-19-15-8-4-3-7-14(17)12(15)9-18-19/h1-2,5-6,9,14H,3-4,7-8,10,17H2. The van der Waals surface area contributed by atoms with Crippen LogP contribution in [-0.4, -0.2) is 9.78 Å². The van der Waals surface area contributed by atoms with Gasteiger partial charge in [-0.15, -0.1) is 0 Å². The van der Waals surface area contributed by atoms with Crippen molar-refractivity contribution in [3.8, 4) is 0 Å². The molecule has 0 spiro atoms. The van der Waals surface area contributed by atoms with Crippen LogP contribution in [0.1, 0.15) is 42.1 Å². The first-order chi connectivity index (χ1) is 9.25. The highest BCUT2D eigenvalue weighted by atomic mass is 35.5. The van der Waals surface area contributed by atoms with Crippen LogP contribution in [0.2, 0.25) is 5.02 Å². The summed E-state index contributed by atoms with van der Waals surface area (Å²) >= 11 is 6.22. The first kappa shape index (κ1) is 12.7. The second-order valence-electron chi connectivity index (χ2n) is 5.15. The second-order valence-corrected chi connectivity index (χ2v) is 5.56. The van der Waals surface area contributed by atoms with Gasteiger partial charge in [-0.2, -0.15) is 5.10 Å². The van der Waals surface area contributed by atoms with E-state index in [1.807, 2.05) is 30.5 Å². The van der Waals surface area contributed by atoms with E-state index in [2.05, 4.69) is 9.78 Å². The van der Waals surface area contributed by atoms with E-state index in [9.17, 15) is 0 Å². The molecule has 1 aliphatic rings. The lowest BCUT2D eigenvalue weighted by Gasteiger charge is -2.10. The highest BCUT2D eigenvalue weighted by Crippen LogP contribution is 2.27. The third-order valence-electron chi connectivity index (χ3n) is 3.84. The van der Waals surface area contributed by atoms with Gasteiger partial charge >= 0.3 is 0 Å². The molecule has 2 aromatic rings. The average molecular weight is 276 g/mol. The topological polar surface area (TPSA) is 43.8 Å². The van der Waals surface area contributed by atoms with Gasteiger partial charge in [0.2, 0.25) is 0 Å². The van der Waals surface area contributed by atoms with Gasteiger partial charge in [-0.3, -0.25) is 4.68 Å². The van der Waals surface area contributed by atoms with E-state index in [1.54, 1.807) is 0 Å². The SMILES string of the molecule is NC1CCCCc2c1cnn2Cc1ccccc1Cl. The number of aromatic nitrogens is 2. The fraction of sp³-hybridized carbons (Fsp3) is 0.400. The highest BCUT2D eigenvalue weighted by Gasteiger charge is 2.20. The van der Waals surface area contributed by atoms with Crippen molar-refractivity contribution < 1.29 is 0 Å². The Hall–Kier alpha value is -1.32. The Labute approximate surface area is 118 Å². The minimum Gasteiger partial charge on any atom is -0.324 e. The quantitative estimate of drug-likeness (QED) is 0.855. The maximum atomic E-state index is 6.22. The van der Waals surface area contributed by atoms with Gasteiger partial charge < -0.3 is 5.73 Å². The van der Waals surface area contributed by atoms with Gasteiger partial charge in [0.25, 0.3) is 0 Å². The molecule has 0 amide bonds. The lowest BCUT2D eigenvalue weighted by atomic mass is 10.1. The summed E-state index contributed by atoms with van der Waals surface area (Å²) in [6, 6.07) is 8.07. The summed E-state index contributed by atoms with van der Waals surface area (Å²) in [7, 11) is 0. The fourth-order valence-corrected chi connectivity index (χ4v) is 2.94. The molecule has 2 N–H and O–H groups in total. The van der Waals surface area contributed by atoms with Crippen molar-refractivity contribution in [3.05, 3.63) is 52.3 Å². The average Bonchev–Trinajstić information content (AvgIpc) is 2.71. The van der Waals surface area contributed by atoms with Crippen molar-refractivity contribution >= 4 is 11.6 Å². The molecule has 1 atom stereocenters. The molecule has 1 aromatic heterocycles. The molecule has 0 saturated carbocycles. The normalized spacial score (nSPS) is 18.9. The molecule has 1 aliphatic carbocycles. The maximum absolute atomic E-state index is 6.22. The van der Waals surface area contributed by atoms with E-state index >= 15 is 0 Å². The van der Waals surface area contributed by atoms with Crippen molar-refractivity contribution in [3.63, 3.8) is 0 Å². The molecule has 100 valence electrons. The molecule has 3 nitrogen and oxygen atoms in total. The first-order valence-electron chi connectivity index (χ1n) is 6.79. The number of nitrogens with two attached hydrogens (primary N) is 1. The molecule has 4 heteroatoms. The Morgan fingerprint density at radius 2 is 2.16 bits per heavy atom. The summed E-state index contributed by atoms with van der Waals surface area (Å²) in [5.74, 6) is 0. The molecule has 0 fully saturated rings. The van der Waals surface area contributed by atoms with Crippen LogP contribution < -0.4 is 5.73 Å². The van der Waals surface area contributed by atoms with Crippen LogP contribution in [0.25, 0.3) is 0 Å². The number of nitrogens with zero attached hydrogens (tertiary/aromatic N) is 2. The maximum Gasteiger partial charge on any atom is 0.0677 e. The van der Waals surface area contributed by atoms with Crippen molar-refractivity contribution in [1.82, 2.24) is 9.78 Å². The first-order valence-corrected chi connectivity index (χ1v) is 7.17. The van der Waals surface area contributed by atoms with Crippen molar-refractivity contribution in [2.45, 2.75) is 38.3 Å². The molecule has 1 aromatic carbocycles. The number of hydrogen-bond donors (Lipinski definition) is 1. The summed E-state index contributed by atoms with van der Waals surface area (Å²) in [6.07, 6.45) is 6.44. The molecule has 0 saturated heterocycles. The number of fused-ring (bicyclic) bond motifs is 1. The Balaban J connectivity index is 1.92. The third kappa shape index (κ3) is 2.53. The van der Waals surface area contributed by atoms with E-state index in [1.165, 1.54) is 24.1 Å². The van der Waals surface area contributed by atoms with Crippen LogP contribution in [0.4, 0.5) is 0 Å². The zero-order valence-corrected chi connectivity index (χ0v) is 11.6. The monoisotopic (exact) mass is 275 g/mol. The molecule has 0 radical (unpaired) electrons. The van der Waals surface area contributed by atoms with Gasteiger partial charge in [-0.05, 0) is 30.9 Å². The summed E-state index contributed by atoms with van der Waals surface area (Å²) in [5.41, 5.74) is 9.80. The van der Waals surface area contributed by atoms with E-state index in [-0.39, 0.29) is 6.04 Å². The van der Waals surface area contributed by atoms with Crippen LogP contribution in [0.15, 0.2) is 30.5 Å². The predicted molar refractivity (Wildman–Crippen MR) is 77.3 cm³/mol. The van der Waals surface area contributed by atoms with Crippen molar-refractivity contribution in [1.29, 1.82) is 0 Å². The molecule has 0 bridgehead atoms. The van der Waals surface area contributed by atoms with Gasteiger partial charge in [0.05, 0.1) is 12.7 Å². The molecule has 19 heavy (non-hydrogen) atoms. The number of rotatable bonds is 2. The van der Waals surface area contributed by atoms with E-state index in [0.717, 1.165) is 30.0 Å². The number of benzene rings is 1. The largest absolute Gasteiger partial charge is 0.324 e. The smallest absolute Gasteiger partial charge is 0.0677 e. The molecule has 0 aliphatic heterocycles. The summed E-state index contributed by atoms with van der Waals surface area (Å²) in [6.45, 7) is 0.724. The second kappa shape index (κ2) is 5.35. The number of hydrogen-bond acceptors (Lipinski definition) is 2. The molecular weight excluding hydrogens is 258 g/mol. The Morgan fingerprint density at radius 1 is 1.32 bits per heavy atom. The molecule has 1 unspecified atom stereocenters. The minimum atomic E-state index is 0.137. The van der Waals surface area contributed by atoms with Gasteiger partial charge in [-0.25, -0.2) is 0 Å². The Bertz CT molecular complexity index is 577. The predicted octanol–water partition coefficient (Wildman–Crippen LogP) is 3.31. The van der Waals surface area contributed by atoms with Gasteiger partial charge in [-0.1, -0.05) is 36.2 Å². The van der Waals surface area contributed by atoms with Crippen molar-refractivity contribution in [2.24, 2.45) is 5.73 Å². The molecule has 1 heterocycles. The van der Waals surface area contributed by atoms with E-state index in [4.69, 9.17) is 17.3 Å². The molecule has 3 rings (SSSR count). The van der Waals surface area contributed by atoms with Gasteiger partial charge in [0.1, 0.15) is 0 Å². The van der Waals surface area contributed by atoms with E-state index in [0.29, 0.717) is 0 Å². The zero-order chi connectivity index (χ0) is 13.2. The summed E-state index contributed by atoms with van der Waals surface area (Å²) in [5, 5.41) is 5.30. The van der Waals surface area contributed by atoms with Crippen LogP contribution in [0.3, 0.4) is 0 Å². The summed E-state index contributed by atoms with van der Waals surface area (Å²) in [4.78, 5) is 0. The third-order valence-corrected chi connectivity index (χ3v) is 4.21. The Morgan fingerprint density at radius 3 is 3.00 bits per heavy atom. The van der Waals surface area contributed by atoms with Crippen LogP contribution in [0, 0.1) is 0 Å². The van der Waals surface area contributed by atoms with Crippen molar-refractivity contribution in [2.75, 3.05) is 0 Å². The zero-order valence-electron chi connectivity index (χ0n) is 10.8. The fourth-order valence-electron chi connectivity index (χ4n) is 2.74. The lowest BCUT2D eigenvalue weighted by Crippen LogP contribution is -2.11. The Kier molecular flexibility index (Phi) is 3.58.